The number of esters is 1. The fourth-order valence-electron chi connectivity index (χ4n) is 2.25. The van der Waals surface area contributed by atoms with Gasteiger partial charge in [-0.15, -0.1) is 12.4 Å². The molecular weight excluding hydrogens is 339 g/mol. The molecule has 1 aliphatic heterocycles. The molecule has 0 radical (unpaired) electrons. The maximum atomic E-state index is 12.3. The molecule has 0 aliphatic carbocycles. The van der Waals surface area contributed by atoms with Gasteiger partial charge in [0.1, 0.15) is 11.4 Å². The Kier molecular flexibility index (Phi) is 5.83. The number of aryl methyl sites for hydroxylation is 1. The quantitative estimate of drug-likeness (QED) is 0.843. The lowest BCUT2D eigenvalue weighted by Gasteiger charge is -2.21. The number of amides is 1. The Balaban J connectivity index is 0.00000264. The predicted octanol–water partition coefficient (Wildman–Crippen LogP) is 3.15. The Bertz CT molecular complexity index is 686. The van der Waals surface area contributed by atoms with Gasteiger partial charge in [0.2, 0.25) is 0 Å². The Morgan fingerprint density at radius 3 is 2.48 bits per heavy atom. The normalized spacial score (nSPS) is 20.0. The number of carbonyl (C=O) groups is 2. The van der Waals surface area contributed by atoms with Crippen molar-refractivity contribution in [2.45, 2.75) is 33.2 Å². The number of aliphatic imine (C=N–C) groups is 1. The lowest BCUT2D eigenvalue weighted by Crippen LogP contribution is -2.41. The van der Waals surface area contributed by atoms with Crippen LogP contribution in [0, 0.1) is 12.8 Å². The second-order valence-electron chi connectivity index (χ2n) is 5.83. The molecule has 1 atom stereocenters. The maximum Gasteiger partial charge on any atom is 0.338 e. The van der Waals surface area contributed by atoms with Crippen LogP contribution in [-0.2, 0) is 9.53 Å². The fourth-order valence-corrected chi connectivity index (χ4v) is 2.50. The molecule has 126 valence electrons. The molecule has 1 amide bonds. The van der Waals surface area contributed by atoms with Gasteiger partial charge in [-0.05, 0) is 31.4 Å². The summed E-state index contributed by atoms with van der Waals surface area (Å²) in [5.74, 6) is -0.400. The van der Waals surface area contributed by atoms with Gasteiger partial charge in [-0.25, -0.2) is 4.79 Å². The van der Waals surface area contributed by atoms with E-state index in [-0.39, 0.29) is 29.8 Å². The summed E-state index contributed by atoms with van der Waals surface area (Å²) in [5.41, 5.74) is 0.603. The molecule has 1 unspecified atom stereocenters. The van der Waals surface area contributed by atoms with Crippen LogP contribution in [0.3, 0.4) is 0 Å². The zero-order valence-electron chi connectivity index (χ0n) is 13.7. The molecule has 7 heteroatoms. The monoisotopic (exact) mass is 358 g/mol. The van der Waals surface area contributed by atoms with Gasteiger partial charge < -0.3 is 10.1 Å². The molecular formula is C16H20Cl2N2O3. The molecule has 2 rings (SSSR count). The summed E-state index contributed by atoms with van der Waals surface area (Å²) in [6, 6.07) is 3.36. The van der Waals surface area contributed by atoms with Crippen LogP contribution in [-0.4, -0.2) is 30.4 Å². The van der Waals surface area contributed by atoms with Crippen molar-refractivity contribution in [1.29, 1.82) is 0 Å². The zero-order chi connectivity index (χ0) is 16.7. The van der Waals surface area contributed by atoms with Crippen LogP contribution < -0.4 is 5.32 Å². The number of methoxy groups -OCH3 is 1. The highest BCUT2D eigenvalue weighted by Gasteiger charge is 2.43. The largest absolute Gasteiger partial charge is 0.465 e. The van der Waals surface area contributed by atoms with E-state index < -0.39 is 11.5 Å². The minimum absolute atomic E-state index is 0. The molecule has 0 spiro atoms. The lowest BCUT2D eigenvalue weighted by atomic mass is 9.89. The predicted molar refractivity (Wildman–Crippen MR) is 92.7 cm³/mol. The van der Waals surface area contributed by atoms with Gasteiger partial charge in [0.25, 0.3) is 5.91 Å². The van der Waals surface area contributed by atoms with Crippen molar-refractivity contribution < 1.29 is 14.3 Å². The molecule has 5 nitrogen and oxygen atoms in total. The minimum Gasteiger partial charge on any atom is -0.465 e. The third kappa shape index (κ3) is 3.21. The van der Waals surface area contributed by atoms with Gasteiger partial charge in [-0.3, -0.25) is 9.79 Å². The molecule has 1 aromatic carbocycles. The fraction of sp³-hybridized carbons (Fsp3) is 0.438. The van der Waals surface area contributed by atoms with Crippen molar-refractivity contribution in [2.24, 2.45) is 10.9 Å². The van der Waals surface area contributed by atoms with E-state index in [4.69, 9.17) is 16.3 Å². The Morgan fingerprint density at radius 1 is 1.39 bits per heavy atom. The molecule has 0 bridgehead atoms. The summed E-state index contributed by atoms with van der Waals surface area (Å²) in [4.78, 5) is 28.8. The van der Waals surface area contributed by atoms with Crippen molar-refractivity contribution >= 4 is 41.7 Å². The molecule has 0 saturated carbocycles. The molecule has 23 heavy (non-hydrogen) atoms. The number of amidine groups is 1. The van der Waals surface area contributed by atoms with Crippen molar-refractivity contribution in [3.63, 3.8) is 0 Å². The average Bonchev–Trinajstić information content (AvgIpc) is 2.77. The average molecular weight is 359 g/mol. The van der Waals surface area contributed by atoms with Crippen molar-refractivity contribution in [3.8, 4) is 0 Å². The molecule has 1 heterocycles. The van der Waals surface area contributed by atoms with E-state index >= 15 is 0 Å². The van der Waals surface area contributed by atoms with E-state index in [2.05, 4.69) is 10.3 Å². The number of benzene rings is 1. The summed E-state index contributed by atoms with van der Waals surface area (Å²) in [6.45, 7) is 7.43. The molecule has 1 aliphatic rings. The lowest BCUT2D eigenvalue weighted by molar-refractivity contribution is -0.124. The molecule has 0 saturated heterocycles. The van der Waals surface area contributed by atoms with E-state index in [0.717, 1.165) is 5.56 Å². The molecule has 0 aromatic heterocycles. The standard InChI is InChI=1S/C16H19ClN2O3.ClH/c1-8(2)16(4)15(21)18-13(19-16)11-10(14(20)22-5)7-6-9(3)12(11)17;/h6-8H,1-5H3,(H,18,19,21);1H. The summed E-state index contributed by atoms with van der Waals surface area (Å²) in [6.07, 6.45) is 0. The smallest absolute Gasteiger partial charge is 0.338 e. The van der Waals surface area contributed by atoms with E-state index in [9.17, 15) is 9.59 Å². The second-order valence-corrected chi connectivity index (χ2v) is 6.21. The third-order valence-corrected chi connectivity index (χ3v) is 4.62. The Labute approximate surface area is 146 Å². The van der Waals surface area contributed by atoms with E-state index in [1.165, 1.54) is 7.11 Å². The van der Waals surface area contributed by atoms with Gasteiger partial charge in [0.05, 0.1) is 23.3 Å². The van der Waals surface area contributed by atoms with Crippen LogP contribution >= 0.6 is 24.0 Å². The topological polar surface area (TPSA) is 67.8 Å². The number of nitrogens with one attached hydrogen (secondary N) is 1. The number of rotatable bonds is 3. The number of carbonyl (C=O) groups excluding carboxylic acids is 2. The van der Waals surface area contributed by atoms with E-state index in [1.807, 2.05) is 20.8 Å². The van der Waals surface area contributed by atoms with E-state index in [0.29, 0.717) is 16.4 Å². The van der Waals surface area contributed by atoms with Gasteiger partial charge in [-0.2, -0.15) is 0 Å². The molecule has 1 N–H and O–H groups in total. The highest BCUT2D eigenvalue weighted by atomic mass is 35.5. The van der Waals surface area contributed by atoms with Gasteiger partial charge in [0.15, 0.2) is 0 Å². The highest BCUT2D eigenvalue weighted by molar-refractivity contribution is 6.37. The Hall–Kier alpha value is -1.59. The highest BCUT2D eigenvalue weighted by Crippen LogP contribution is 2.31. The van der Waals surface area contributed by atoms with Crippen LogP contribution in [0.25, 0.3) is 0 Å². The van der Waals surface area contributed by atoms with Crippen molar-refractivity contribution in [2.75, 3.05) is 7.11 Å². The summed E-state index contributed by atoms with van der Waals surface area (Å²) in [7, 11) is 1.30. The first kappa shape index (κ1) is 19.5. The van der Waals surface area contributed by atoms with Gasteiger partial charge >= 0.3 is 5.97 Å². The zero-order valence-corrected chi connectivity index (χ0v) is 15.3. The van der Waals surface area contributed by atoms with Crippen LogP contribution in [0.4, 0.5) is 0 Å². The number of ether oxygens (including phenoxy) is 1. The number of hydrogen-bond donors (Lipinski definition) is 1. The third-order valence-electron chi connectivity index (χ3n) is 4.14. The van der Waals surface area contributed by atoms with Crippen LogP contribution in [0.15, 0.2) is 17.1 Å². The van der Waals surface area contributed by atoms with Crippen LogP contribution in [0.5, 0.6) is 0 Å². The summed E-state index contributed by atoms with van der Waals surface area (Å²) < 4.78 is 4.79. The number of halogens is 2. The van der Waals surface area contributed by atoms with Crippen molar-refractivity contribution in [1.82, 2.24) is 5.32 Å². The van der Waals surface area contributed by atoms with E-state index in [1.54, 1.807) is 19.1 Å². The minimum atomic E-state index is -0.879. The molecule has 1 aromatic rings. The van der Waals surface area contributed by atoms with Crippen LogP contribution in [0.2, 0.25) is 5.02 Å². The SMILES string of the molecule is COC(=O)c1ccc(C)c(Cl)c1C1=NC(C)(C(C)C)C(=O)N1.Cl. The first-order chi connectivity index (χ1) is 10.2. The van der Waals surface area contributed by atoms with Gasteiger partial charge in [-0.1, -0.05) is 31.5 Å². The summed E-state index contributed by atoms with van der Waals surface area (Å²) in [5, 5.41) is 3.13. The van der Waals surface area contributed by atoms with Crippen LogP contribution in [0.1, 0.15) is 42.3 Å². The van der Waals surface area contributed by atoms with Crippen molar-refractivity contribution in [3.05, 3.63) is 33.8 Å². The maximum absolute atomic E-state index is 12.3. The number of hydrogen-bond acceptors (Lipinski definition) is 4. The van der Waals surface area contributed by atoms with Gasteiger partial charge in [0, 0.05) is 0 Å². The second kappa shape index (κ2) is 6.89. The first-order valence-electron chi connectivity index (χ1n) is 7.01. The first-order valence-corrected chi connectivity index (χ1v) is 7.39. The summed E-state index contributed by atoms with van der Waals surface area (Å²) >= 11 is 6.36. The molecule has 0 fully saturated rings. The number of nitrogens with zero attached hydrogens (tertiary/aromatic N) is 1. The Morgan fingerprint density at radius 2 is 2.00 bits per heavy atom.